The van der Waals surface area contributed by atoms with Gasteiger partial charge in [-0.25, -0.2) is 4.39 Å². The molecule has 0 spiro atoms. The molecule has 0 unspecified atom stereocenters. The number of benzene rings is 2. The van der Waals surface area contributed by atoms with Crippen molar-refractivity contribution in [3.05, 3.63) is 58.4 Å². The molecule has 0 heterocycles. The topological polar surface area (TPSA) is 17.1 Å². The Bertz CT molecular complexity index is 665. The molecule has 0 atom stereocenters. The second-order valence-electron chi connectivity index (χ2n) is 4.05. The van der Waals surface area contributed by atoms with Crippen LogP contribution in [-0.2, 0) is 6.18 Å². The highest BCUT2D eigenvalue weighted by molar-refractivity contribution is 6.30. The van der Waals surface area contributed by atoms with Crippen LogP contribution in [0.5, 0.6) is 0 Å². The zero-order valence-electron chi connectivity index (χ0n) is 9.84. The fourth-order valence-electron chi connectivity index (χ4n) is 1.75. The SMILES string of the molecule is O=Cc1ccc(C(F)(F)F)cc1-c1ccc(Cl)c(F)c1. The van der Waals surface area contributed by atoms with Crippen molar-refractivity contribution < 1.29 is 22.4 Å². The standard InChI is InChI=1S/C14H7ClF4O/c15-12-4-2-8(5-13(12)16)11-6-10(14(17,18)19)3-1-9(11)7-20/h1-7H. The highest BCUT2D eigenvalue weighted by Crippen LogP contribution is 2.34. The summed E-state index contributed by atoms with van der Waals surface area (Å²) in [6.07, 6.45) is -4.12. The van der Waals surface area contributed by atoms with Crippen LogP contribution in [0.15, 0.2) is 36.4 Å². The Morgan fingerprint density at radius 1 is 1.05 bits per heavy atom. The summed E-state index contributed by atoms with van der Waals surface area (Å²) in [7, 11) is 0. The second-order valence-corrected chi connectivity index (χ2v) is 4.45. The van der Waals surface area contributed by atoms with E-state index in [4.69, 9.17) is 11.6 Å². The van der Waals surface area contributed by atoms with Crippen LogP contribution in [0.2, 0.25) is 5.02 Å². The minimum absolute atomic E-state index is 0.00499. The number of rotatable bonds is 2. The molecule has 2 aromatic rings. The van der Waals surface area contributed by atoms with Crippen LogP contribution in [0.4, 0.5) is 17.6 Å². The van der Waals surface area contributed by atoms with E-state index in [0.717, 1.165) is 24.3 Å². The lowest BCUT2D eigenvalue weighted by Gasteiger charge is -2.11. The van der Waals surface area contributed by atoms with Gasteiger partial charge in [-0.3, -0.25) is 4.79 Å². The van der Waals surface area contributed by atoms with Gasteiger partial charge in [-0.05, 0) is 35.4 Å². The lowest BCUT2D eigenvalue weighted by atomic mass is 9.97. The van der Waals surface area contributed by atoms with Crippen molar-refractivity contribution in [3.8, 4) is 11.1 Å². The highest BCUT2D eigenvalue weighted by atomic mass is 35.5. The monoisotopic (exact) mass is 302 g/mol. The van der Waals surface area contributed by atoms with Gasteiger partial charge in [-0.2, -0.15) is 13.2 Å². The molecule has 0 aromatic heterocycles. The third kappa shape index (κ3) is 2.82. The summed E-state index contributed by atoms with van der Waals surface area (Å²) in [5.41, 5.74) is -0.710. The number of carbonyl (C=O) groups excluding carboxylic acids is 1. The normalized spacial score (nSPS) is 11.4. The van der Waals surface area contributed by atoms with Crippen LogP contribution in [0, 0.1) is 5.82 Å². The number of hydrogen-bond donors (Lipinski definition) is 0. The minimum atomic E-state index is -4.54. The van der Waals surface area contributed by atoms with E-state index in [1.54, 1.807) is 0 Å². The first kappa shape index (κ1) is 14.5. The van der Waals surface area contributed by atoms with Gasteiger partial charge in [0.2, 0.25) is 0 Å². The van der Waals surface area contributed by atoms with Crippen LogP contribution in [-0.4, -0.2) is 6.29 Å². The predicted molar refractivity (Wildman–Crippen MR) is 67.2 cm³/mol. The Balaban J connectivity index is 2.64. The largest absolute Gasteiger partial charge is 0.416 e. The Labute approximate surface area is 116 Å². The Kier molecular flexibility index (Phi) is 3.81. The predicted octanol–water partition coefficient (Wildman–Crippen LogP) is 4.98. The summed E-state index contributed by atoms with van der Waals surface area (Å²) in [4.78, 5) is 10.9. The highest BCUT2D eigenvalue weighted by Gasteiger charge is 2.31. The lowest BCUT2D eigenvalue weighted by molar-refractivity contribution is -0.137. The molecule has 1 nitrogen and oxygen atoms in total. The Hall–Kier alpha value is -1.88. The van der Waals surface area contributed by atoms with Gasteiger partial charge in [0.15, 0.2) is 6.29 Å². The summed E-state index contributed by atoms with van der Waals surface area (Å²) < 4.78 is 51.4. The zero-order valence-corrected chi connectivity index (χ0v) is 10.6. The summed E-state index contributed by atoms with van der Waals surface area (Å²) in [5, 5.41) is -0.145. The van der Waals surface area contributed by atoms with Crippen molar-refractivity contribution in [2.45, 2.75) is 6.18 Å². The van der Waals surface area contributed by atoms with Gasteiger partial charge in [-0.15, -0.1) is 0 Å². The van der Waals surface area contributed by atoms with E-state index in [0.29, 0.717) is 6.29 Å². The maximum Gasteiger partial charge on any atom is 0.416 e. The van der Waals surface area contributed by atoms with Gasteiger partial charge in [0, 0.05) is 5.56 Å². The molecule has 6 heteroatoms. The molecule has 0 N–H and O–H groups in total. The first-order valence-electron chi connectivity index (χ1n) is 5.45. The molecule has 0 bridgehead atoms. The van der Waals surface area contributed by atoms with Crippen LogP contribution >= 0.6 is 11.6 Å². The summed E-state index contributed by atoms with van der Waals surface area (Å²) in [5.74, 6) is -0.765. The summed E-state index contributed by atoms with van der Waals surface area (Å²) in [6.45, 7) is 0. The lowest BCUT2D eigenvalue weighted by Crippen LogP contribution is -2.05. The molecule has 2 rings (SSSR count). The molecule has 0 aliphatic rings. The van der Waals surface area contributed by atoms with Crippen LogP contribution in [0.1, 0.15) is 15.9 Å². The van der Waals surface area contributed by atoms with Crippen LogP contribution < -0.4 is 0 Å². The zero-order chi connectivity index (χ0) is 14.9. The fourth-order valence-corrected chi connectivity index (χ4v) is 1.87. The molecule has 0 saturated carbocycles. The molecule has 2 aromatic carbocycles. The van der Waals surface area contributed by atoms with E-state index in [1.807, 2.05) is 0 Å². The molecule has 0 aliphatic carbocycles. The van der Waals surface area contributed by atoms with Crippen molar-refractivity contribution in [3.63, 3.8) is 0 Å². The fraction of sp³-hybridized carbons (Fsp3) is 0.0714. The molecule has 0 aliphatic heterocycles. The number of aldehydes is 1. The van der Waals surface area contributed by atoms with Crippen LogP contribution in [0.25, 0.3) is 11.1 Å². The quantitative estimate of drug-likeness (QED) is 0.565. The molecular weight excluding hydrogens is 296 g/mol. The van der Waals surface area contributed by atoms with Gasteiger partial charge in [0.1, 0.15) is 5.82 Å². The van der Waals surface area contributed by atoms with E-state index in [2.05, 4.69) is 0 Å². The molecule has 104 valence electrons. The van der Waals surface area contributed by atoms with Gasteiger partial charge in [0.25, 0.3) is 0 Å². The molecule has 0 radical (unpaired) electrons. The smallest absolute Gasteiger partial charge is 0.298 e. The first-order chi connectivity index (χ1) is 9.32. The third-order valence-electron chi connectivity index (χ3n) is 2.74. The molecule has 0 fully saturated rings. The van der Waals surface area contributed by atoms with Crippen molar-refractivity contribution in [1.82, 2.24) is 0 Å². The van der Waals surface area contributed by atoms with E-state index in [1.165, 1.54) is 12.1 Å². The van der Waals surface area contributed by atoms with Crippen molar-refractivity contribution in [2.75, 3.05) is 0 Å². The maximum absolute atomic E-state index is 13.4. The van der Waals surface area contributed by atoms with Gasteiger partial charge < -0.3 is 0 Å². The second kappa shape index (κ2) is 5.25. The average molecular weight is 303 g/mol. The molecular formula is C14H7ClF4O. The van der Waals surface area contributed by atoms with Gasteiger partial charge >= 0.3 is 6.18 Å². The van der Waals surface area contributed by atoms with Crippen LogP contribution in [0.3, 0.4) is 0 Å². The third-order valence-corrected chi connectivity index (χ3v) is 3.04. The van der Waals surface area contributed by atoms with E-state index < -0.39 is 17.6 Å². The van der Waals surface area contributed by atoms with Crippen molar-refractivity contribution in [1.29, 1.82) is 0 Å². The van der Waals surface area contributed by atoms with Gasteiger partial charge in [0.05, 0.1) is 10.6 Å². The molecule has 20 heavy (non-hydrogen) atoms. The number of alkyl halides is 3. The van der Waals surface area contributed by atoms with Crippen molar-refractivity contribution >= 4 is 17.9 Å². The van der Waals surface area contributed by atoms with E-state index >= 15 is 0 Å². The van der Waals surface area contributed by atoms with Crippen molar-refractivity contribution in [2.24, 2.45) is 0 Å². The molecule has 0 saturated heterocycles. The van der Waals surface area contributed by atoms with Gasteiger partial charge in [-0.1, -0.05) is 23.7 Å². The Morgan fingerprint density at radius 2 is 1.75 bits per heavy atom. The maximum atomic E-state index is 13.4. The number of carbonyl (C=O) groups is 1. The minimum Gasteiger partial charge on any atom is -0.298 e. The van der Waals surface area contributed by atoms with E-state index in [9.17, 15) is 22.4 Å². The average Bonchev–Trinajstić information content (AvgIpc) is 2.40. The number of hydrogen-bond acceptors (Lipinski definition) is 1. The summed E-state index contributed by atoms with van der Waals surface area (Å²) in [6, 6.07) is 6.24. The first-order valence-corrected chi connectivity index (χ1v) is 5.82. The molecule has 0 amide bonds. The number of halogens is 5. The van der Waals surface area contributed by atoms with E-state index in [-0.39, 0.29) is 21.7 Å². The Morgan fingerprint density at radius 3 is 2.30 bits per heavy atom. The summed E-state index contributed by atoms with van der Waals surface area (Å²) >= 11 is 5.52.